The van der Waals surface area contributed by atoms with Gasteiger partial charge in [-0.3, -0.25) is 4.79 Å². The second kappa shape index (κ2) is 5.55. The average Bonchev–Trinajstić information content (AvgIpc) is 2.37. The predicted molar refractivity (Wildman–Crippen MR) is 72.4 cm³/mol. The normalized spacial score (nSPS) is 10.1. The zero-order chi connectivity index (χ0) is 12.1. The first kappa shape index (κ1) is 11.7. The fraction of sp³-hybridized carbons (Fsp3) is 0.0714. The molecule has 0 amide bonds. The predicted octanol–water partition coefficient (Wildman–Crippen LogP) is 3.24. The number of hydrogen-bond acceptors (Lipinski definition) is 3. The standard InChI is InChI=1S/C14H13NOS/c15-12-7-4-8-13(9-12)17-10-14(16)11-5-2-1-3-6-11/h1-9H,10,15H2. The van der Waals surface area contributed by atoms with Crippen LogP contribution in [0.25, 0.3) is 0 Å². The summed E-state index contributed by atoms with van der Waals surface area (Å²) in [7, 11) is 0. The summed E-state index contributed by atoms with van der Waals surface area (Å²) in [5.74, 6) is 0.575. The molecule has 86 valence electrons. The van der Waals surface area contributed by atoms with Crippen LogP contribution >= 0.6 is 11.8 Å². The molecule has 2 aromatic rings. The van der Waals surface area contributed by atoms with Crippen LogP contribution in [0.1, 0.15) is 10.4 Å². The van der Waals surface area contributed by atoms with Gasteiger partial charge < -0.3 is 5.73 Å². The van der Waals surface area contributed by atoms with Crippen LogP contribution in [0.4, 0.5) is 5.69 Å². The molecule has 2 nitrogen and oxygen atoms in total. The van der Waals surface area contributed by atoms with Crippen molar-refractivity contribution in [2.75, 3.05) is 11.5 Å². The third-order valence-corrected chi connectivity index (χ3v) is 3.32. The highest BCUT2D eigenvalue weighted by molar-refractivity contribution is 8.00. The van der Waals surface area contributed by atoms with Crippen LogP contribution in [0.3, 0.4) is 0 Å². The number of hydrogen-bond donors (Lipinski definition) is 1. The second-order valence-corrected chi connectivity index (χ2v) is 4.70. The highest BCUT2D eigenvalue weighted by atomic mass is 32.2. The molecule has 0 fully saturated rings. The summed E-state index contributed by atoms with van der Waals surface area (Å²) in [4.78, 5) is 12.9. The minimum atomic E-state index is 0.137. The molecule has 0 aliphatic rings. The monoisotopic (exact) mass is 243 g/mol. The topological polar surface area (TPSA) is 43.1 Å². The molecule has 0 unspecified atom stereocenters. The van der Waals surface area contributed by atoms with E-state index in [0.717, 1.165) is 16.1 Å². The van der Waals surface area contributed by atoms with Crippen molar-refractivity contribution in [1.29, 1.82) is 0 Å². The molecule has 0 saturated heterocycles. The number of Topliss-reactive ketones (excluding diaryl/α,β-unsaturated/α-hetero) is 1. The maximum Gasteiger partial charge on any atom is 0.173 e. The summed E-state index contributed by atoms with van der Waals surface area (Å²) in [6.45, 7) is 0. The van der Waals surface area contributed by atoms with Crippen molar-refractivity contribution < 1.29 is 4.79 Å². The first-order valence-electron chi connectivity index (χ1n) is 5.32. The first-order chi connectivity index (χ1) is 8.25. The number of nitrogens with two attached hydrogens (primary N) is 1. The van der Waals surface area contributed by atoms with Gasteiger partial charge in [-0.05, 0) is 18.2 Å². The van der Waals surface area contributed by atoms with E-state index in [0.29, 0.717) is 5.75 Å². The van der Waals surface area contributed by atoms with Crippen LogP contribution in [0.5, 0.6) is 0 Å². The highest BCUT2D eigenvalue weighted by Gasteiger charge is 2.05. The maximum atomic E-state index is 11.9. The van der Waals surface area contributed by atoms with Crippen molar-refractivity contribution in [3.63, 3.8) is 0 Å². The number of benzene rings is 2. The Balaban J connectivity index is 1.97. The molecule has 0 aliphatic carbocycles. The molecule has 0 radical (unpaired) electrons. The lowest BCUT2D eigenvalue weighted by atomic mass is 10.2. The molecule has 0 heterocycles. The molecule has 0 bridgehead atoms. The van der Waals surface area contributed by atoms with Gasteiger partial charge in [0, 0.05) is 16.1 Å². The largest absolute Gasteiger partial charge is 0.399 e. The first-order valence-corrected chi connectivity index (χ1v) is 6.31. The summed E-state index contributed by atoms with van der Waals surface area (Å²) in [6, 6.07) is 16.9. The Bertz CT molecular complexity index is 511. The van der Waals surface area contributed by atoms with Gasteiger partial charge in [-0.2, -0.15) is 0 Å². The molecule has 2 N–H and O–H groups in total. The Morgan fingerprint density at radius 3 is 2.53 bits per heavy atom. The van der Waals surface area contributed by atoms with Crippen molar-refractivity contribution in [3.8, 4) is 0 Å². The van der Waals surface area contributed by atoms with E-state index in [2.05, 4.69) is 0 Å². The number of ketones is 1. The number of thioether (sulfide) groups is 1. The minimum absolute atomic E-state index is 0.137. The minimum Gasteiger partial charge on any atom is -0.399 e. The van der Waals surface area contributed by atoms with Crippen molar-refractivity contribution in [2.45, 2.75) is 4.90 Å². The molecule has 3 heteroatoms. The highest BCUT2D eigenvalue weighted by Crippen LogP contribution is 2.21. The van der Waals surface area contributed by atoms with Gasteiger partial charge in [-0.15, -0.1) is 11.8 Å². The maximum absolute atomic E-state index is 11.9. The van der Waals surface area contributed by atoms with Crippen LogP contribution < -0.4 is 5.73 Å². The summed E-state index contributed by atoms with van der Waals surface area (Å²) in [5.41, 5.74) is 7.16. The SMILES string of the molecule is Nc1cccc(SCC(=O)c2ccccc2)c1. The van der Waals surface area contributed by atoms with E-state index in [-0.39, 0.29) is 5.78 Å². The van der Waals surface area contributed by atoms with Gasteiger partial charge in [0.05, 0.1) is 5.75 Å². The zero-order valence-corrected chi connectivity index (χ0v) is 10.1. The lowest BCUT2D eigenvalue weighted by Crippen LogP contribution is -2.01. The van der Waals surface area contributed by atoms with Gasteiger partial charge in [0.25, 0.3) is 0 Å². The summed E-state index contributed by atoms with van der Waals surface area (Å²) >= 11 is 1.51. The molecule has 2 aromatic carbocycles. The van der Waals surface area contributed by atoms with E-state index >= 15 is 0 Å². The molecule has 2 rings (SSSR count). The van der Waals surface area contributed by atoms with Crippen LogP contribution in [0, 0.1) is 0 Å². The third kappa shape index (κ3) is 3.36. The Labute approximate surface area is 105 Å². The van der Waals surface area contributed by atoms with Crippen molar-refractivity contribution in [1.82, 2.24) is 0 Å². The van der Waals surface area contributed by atoms with E-state index in [1.807, 2.05) is 54.6 Å². The van der Waals surface area contributed by atoms with E-state index < -0.39 is 0 Å². The van der Waals surface area contributed by atoms with Gasteiger partial charge >= 0.3 is 0 Å². The number of anilines is 1. The molecular weight excluding hydrogens is 230 g/mol. The van der Waals surface area contributed by atoms with Crippen LogP contribution in [0.2, 0.25) is 0 Å². The quantitative estimate of drug-likeness (QED) is 0.509. The molecule has 0 aliphatic heterocycles. The number of carbonyl (C=O) groups is 1. The van der Waals surface area contributed by atoms with Gasteiger partial charge in [-0.25, -0.2) is 0 Å². The molecule has 17 heavy (non-hydrogen) atoms. The second-order valence-electron chi connectivity index (χ2n) is 3.65. The summed E-state index contributed by atoms with van der Waals surface area (Å²) in [5, 5.41) is 0. The molecule has 0 aromatic heterocycles. The van der Waals surface area contributed by atoms with Crippen molar-refractivity contribution in [3.05, 3.63) is 60.2 Å². The third-order valence-electron chi connectivity index (χ3n) is 2.32. The van der Waals surface area contributed by atoms with Crippen LogP contribution in [-0.2, 0) is 0 Å². The summed E-state index contributed by atoms with van der Waals surface area (Å²) < 4.78 is 0. The smallest absolute Gasteiger partial charge is 0.173 e. The molecule has 0 saturated carbocycles. The lowest BCUT2D eigenvalue weighted by molar-refractivity contribution is 0.102. The molecule has 0 atom stereocenters. The van der Waals surface area contributed by atoms with Crippen LogP contribution in [-0.4, -0.2) is 11.5 Å². The van der Waals surface area contributed by atoms with Gasteiger partial charge in [0.2, 0.25) is 0 Å². The van der Waals surface area contributed by atoms with Gasteiger partial charge in [-0.1, -0.05) is 36.4 Å². The van der Waals surface area contributed by atoms with Crippen LogP contribution in [0.15, 0.2) is 59.5 Å². The number of nitrogen functional groups attached to an aromatic ring is 1. The fourth-order valence-electron chi connectivity index (χ4n) is 1.46. The Hall–Kier alpha value is -1.74. The average molecular weight is 243 g/mol. The Morgan fingerprint density at radius 2 is 1.82 bits per heavy atom. The number of rotatable bonds is 4. The van der Waals surface area contributed by atoms with Gasteiger partial charge in [0.1, 0.15) is 0 Å². The molecular formula is C14H13NOS. The summed E-state index contributed by atoms with van der Waals surface area (Å²) in [6.07, 6.45) is 0. The van der Waals surface area contributed by atoms with E-state index in [4.69, 9.17) is 5.73 Å². The lowest BCUT2D eigenvalue weighted by Gasteiger charge is -2.02. The fourth-order valence-corrected chi connectivity index (χ4v) is 2.32. The van der Waals surface area contributed by atoms with E-state index in [1.165, 1.54) is 11.8 Å². The van der Waals surface area contributed by atoms with Crippen molar-refractivity contribution in [2.24, 2.45) is 0 Å². The molecule has 0 spiro atoms. The zero-order valence-electron chi connectivity index (χ0n) is 9.30. The number of carbonyl (C=O) groups excluding carboxylic acids is 1. The van der Waals surface area contributed by atoms with Crippen molar-refractivity contribution >= 4 is 23.2 Å². The van der Waals surface area contributed by atoms with E-state index in [9.17, 15) is 4.79 Å². The van der Waals surface area contributed by atoms with Gasteiger partial charge in [0.15, 0.2) is 5.78 Å². The van der Waals surface area contributed by atoms with E-state index in [1.54, 1.807) is 0 Å². The Kier molecular flexibility index (Phi) is 3.83. The Morgan fingerprint density at radius 1 is 1.06 bits per heavy atom.